The topological polar surface area (TPSA) is 50.4 Å². The molecule has 2 fully saturated rings. The Morgan fingerprint density at radius 2 is 2.53 bits per heavy atom. The molecule has 2 N–H and O–H groups in total. The maximum Gasteiger partial charge on any atom is 0.230 e. The number of fused-ring (bicyclic) bond motifs is 1. The van der Waals surface area contributed by atoms with Crippen LogP contribution in [0.25, 0.3) is 0 Å². The predicted molar refractivity (Wildman–Crippen MR) is 57.5 cm³/mol. The van der Waals surface area contributed by atoms with Gasteiger partial charge in [-0.05, 0) is 25.3 Å². The number of amides is 1. The zero-order valence-electron chi connectivity index (χ0n) is 9.34. The van der Waals surface area contributed by atoms with Crippen molar-refractivity contribution in [1.82, 2.24) is 10.6 Å². The highest BCUT2D eigenvalue weighted by atomic mass is 16.5. The van der Waals surface area contributed by atoms with E-state index in [-0.39, 0.29) is 11.3 Å². The number of ether oxygens (including phenoxy) is 1. The molecule has 0 aromatic heterocycles. The van der Waals surface area contributed by atoms with Crippen molar-refractivity contribution < 1.29 is 9.53 Å². The molecule has 0 radical (unpaired) electrons. The van der Waals surface area contributed by atoms with E-state index in [1.165, 1.54) is 0 Å². The Hall–Kier alpha value is -0.610. The second-order valence-corrected chi connectivity index (χ2v) is 4.58. The lowest BCUT2D eigenvalue weighted by Crippen LogP contribution is -2.51. The molecule has 0 spiro atoms. The van der Waals surface area contributed by atoms with E-state index in [1.807, 2.05) is 0 Å². The van der Waals surface area contributed by atoms with Gasteiger partial charge in [0.1, 0.15) is 0 Å². The van der Waals surface area contributed by atoms with Gasteiger partial charge in [-0.3, -0.25) is 4.79 Å². The normalized spacial score (nSPS) is 34.9. The van der Waals surface area contributed by atoms with E-state index in [0.717, 1.165) is 39.1 Å². The summed E-state index contributed by atoms with van der Waals surface area (Å²) in [5.41, 5.74) is -0.284. The molecule has 2 aliphatic heterocycles. The first-order valence-electron chi connectivity index (χ1n) is 5.86. The molecule has 0 aromatic carbocycles. The first-order chi connectivity index (χ1) is 7.29. The number of rotatable bonds is 3. The minimum Gasteiger partial charge on any atom is -0.380 e. The minimum atomic E-state index is -0.284. The molecule has 2 atom stereocenters. The Labute approximate surface area is 90.8 Å². The maximum atomic E-state index is 12.1. The predicted octanol–water partition coefficient (Wildman–Crippen LogP) is 0.139. The van der Waals surface area contributed by atoms with E-state index in [1.54, 1.807) is 0 Å². The van der Waals surface area contributed by atoms with Gasteiger partial charge in [0.15, 0.2) is 0 Å². The summed E-state index contributed by atoms with van der Waals surface area (Å²) in [4.78, 5) is 12.1. The van der Waals surface area contributed by atoms with Gasteiger partial charge in [-0.25, -0.2) is 0 Å². The largest absolute Gasteiger partial charge is 0.380 e. The Morgan fingerprint density at radius 1 is 1.67 bits per heavy atom. The average molecular weight is 212 g/mol. The van der Waals surface area contributed by atoms with Crippen molar-refractivity contribution >= 4 is 5.91 Å². The van der Waals surface area contributed by atoms with E-state index in [2.05, 4.69) is 17.6 Å². The van der Waals surface area contributed by atoms with Crippen LogP contribution < -0.4 is 10.6 Å². The number of nitrogens with one attached hydrogen (secondary N) is 2. The summed E-state index contributed by atoms with van der Waals surface area (Å²) in [7, 11) is 0. The Kier molecular flexibility index (Phi) is 3.26. The highest BCUT2D eigenvalue weighted by Crippen LogP contribution is 2.37. The van der Waals surface area contributed by atoms with Crippen LogP contribution in [0.5, 0.6) is 0 Å². The third-order valence-corrected chi connectivity index (χ3v) is 3.57. The molecule has 0 bridgehead atoms. The van der Waals surface area contributed by atoms with Crippen LogP contribution in [0.3, 0.4) is 0 Å². The molecule has 0 unspecified atom stereocenters. The molecule has 1 amide bonds. The van der Waals surface area contributed by atoms with Crippen molar-refractivity contribution in [3.63, 3.8) is 0 Å². The van der Waals surface area contributed by atoms with Crippen LogP contribution in [-0.4, -0.2) is 38.8 Å². The summed E-state index contributed by atoms with van der Waals surface area (Å²) in [5, 5.41) is 6.33. The van der Waals surface area contributed by atoms with Crippen LogP contribution in [-0.2, 0) is 9.53 Å². The number of hydrogen-bond acceptors (Lipinski definition) is 3. The van der Waals surface area contributed by atoms with Crippen molar-refractivity contribution in [2.75, 3.05) is 32.8 Å². The first kappa shape index (κ1) is 10.9. The van der Waals surface area contributed by atoms with Gasteiger partial charge in [0, 0.05) is 19.7 Å². The second-order valence-electron chi connectivity index (χ2n) is 4.58. The van der Waals surface area contributed by atoms with Crippen molar-refractivity contribution in [3.05, 3.63) is 0 Å². The molecule has 4 nitrogen and oxygen atoms in total. The quantitative estimate of drug-likeness (QED) is 0.699. The molecule has 2 aliphatic rings. The summed E-state index contributed by atoms with van der Waals surface area (Å²) in [5.74, 6) is 0.641. The summed E-state index contributed by atoms with van der Waals surface area (Å²) in [6, 6.07) is 0. The van der Waals surface area contributed by atoms with Gasteiger partial charge in [-0.15, -0.1) is 0 Å². The van der Waals surface area contributed by atoms with Gasteiger partial charge < -0.3 is 15.4 Å². The monoisotopic (exact) mass is 212 g/mol. The molecule has 2 saturated heterocycles. The van der Waals surface area contributed by atoms with Gasteiger partial charge in [-0.2, -0.15) is 0 Å². The number of carbonyl (C=O) groups is 1. The van der Waals surface area contributed by atoms with Gasteiger partial charge in [0.05, 0.1) is 12.0 Å². The van der Waals surface area contributed by atoms with Crippen LogP contribution in [0.2, 0.25) is 0 Å². The molecule has 4 heteroatoms. The molecule has 2 heterocycles. The van der Waals surface area contributed by atoms with E-state index in [9.17, 15) is 4.79 Å². The highest BCUT2D eigenvalue weighted by Gasteiger charge is 2.50. The van der Waals surface area contributed by atoms with E-state index >= 15 is 0 Å². The van der Waals surface area contributed by atoms with Crippen LogP contribution >= 0.6 is 0 Å². The Morgan fingerprint density at radius 3 is 3.33 bits per heavy atom. The molecule has 86 valence electrons. The van der Waals surface area contributed by atoms with Gasteiger partial charge in [-0.1, -0.05) is 6.92 Å². The molecule has 0 aliphatic carbocycles. The third-order valence-electron chi connectivity index (χ3n) is 3.57. The van der Waals surface area contributed by atoms with Crippen LogP contribution in [0.15, 0.2) is 0 Å². The molecule has 15 heavy (non-hydrogen) atoms. The molecular formula is C11H20N2O2. The van der Waals surface area contributed by atoms with Gasteiger partial charge in [0.25, 0.3) is 0 Å². The van der Waals surface area contributed by atoms with E-state index in [4.69, 9.17) is 4.74 Å². The molecular weight excluding hydrogens is 192 g/mol. The molecule has 2 rings (SSSR count). The summed E-state index contributed by atoms with van der Waals surface area (Å²) in [6.07, 6.45) is 1.99. The van der Waals surface area contributed by atoms with E-state index in [0.29, 0.717) is 12.5 Å². The Balaban J connectivity index is 2.04. The lowest BCUT2D eigenvalue weighted by molar-refractivity contribution is -0.141. The van der Waals surface area contributed by atoms with Crippen molar-refractivity contribution in [1.29, 1.82) is 0 Å². The Bertz CT molecular complexity index is 245. The van der Waals surface area contributed by atoms with Gasteiger partial charge >= 0.3 is 0 Å². The van der Waals surface area contributed by atoms with Crippen molar-refractivity contribution in [2.24, 2.45) is 11.3 Å². The lowest BCUT2D eigenvalue weighted by atomic mass is 9.75. The summed E-state index contributed by atoms with van der Waals surface area (Å²) >= 11 is 0. The van der Waals surface area contributed by atoms with E-state index < -0.39 is 0 Å². The van der Waals surface area contributed by atoms with Crippen LogP contribution in [0, 0.1) is 11.3 Å². The smallest absolute Gasteiger partial charge is 0.230 e. The number of carbonyl (C=O) groups excluding carboxylic acids is 1. The fourth-order valence-corrected chi connectivity index (χ4v) is 2.58. The van der Waals surface area contributed by atoms with Gasteiger partial charge in [0.2, 0.25) is 5.91 Å². The van der Waals surface area contributed by atoms with Crippen molar-refractivity contribution in [2.45, 2.75) is 19.8 Å². The zero-order chi connectivity index (χ0) is 10.7. The maximum absolute atomic E-state index is 12.1. The summed E-state index contributed by atoms with van der Waals surface area (Å²) < 4.78 is 5.49. The second kappa shape index (κ2) is 4.49. The van der Waals surface area contributed by atoms with Crippen LogP contribution in [0.1, 0.15) is 19.8 Å². The fourth-order valence-electron chi connectivity index (χ4n) is 2.58. The number of hydrogen-bond donors (Lipinski definition) is 2. The molecule has 0 saturated carbocycles. The fraction of sp³-hybridized carbons (Fsp3) is 0.909. The lowest BCUT2D eigenvalue weighted by Gasteiger charge is -2.36. The SMILES string of the molecule is CCCNC(=O)[C@]12CNC[C@H]1CCOC2. The van der Waals surface area contributed by atoms with Crippen molar-refractivity contribution in [3.8, 4) is 0 Å². The minimum absolute atomic E-state index is 0.180. The zero-order valence-corrected chi connectivity index (χ0v) is 9.34. The third kappa shape index (κ3) is 1.88. The molecule has 0 aromatic rings. The highest BCUT2D eigenvalue weighted by molar-refractivity contribution is 5.84. The van der Waals surface area contributed by atoms with Crippen LogP contribution in [0.4, 0.5) is 0 Å². The first-order valence-corrected chi connectivity index (χ1v) is 5.86. The average Bonchev–Trinajstić information content (AvgIpc) is 2.70. The summed E-state index contributed by atoms with van der Waals surface area (Å²) in [6.45, 7) is 5.96. The standard InChI is InChI=1S/C11H20N2O2/c1-2-4-13-10(14)11-7-12-6-9(11)3-5-15-8-11/h9,12H,2-8H2,1H3,(H,13,14)/t9-,11+/m1/s1.